The highest BCUT2D eigenvalue weighted by Gasteiger charge is 2.12. The molecular formula is C27H22N2O3. The van der Waals surface area contributed by atoms with E-state index >= 15 is 0 Å². The van der Waals surface area contributed by atoms with Crippen molar-refractivity contribution in [3.63, 3.8) is 0 Å². The Balaban J connectivity index is 1.67. The number of para-hydroxylation sites is 1. The van der Waals surface area contributed by atoms with E-state index in [4.69, 9.17) is 9.84 Å². The van der Waals surface area contributed by atoms with Crippen molar-refractivity contribution in [1.82, 2.24) is 9.78 Å². The van der Waals surface area contributed by atoms with Crippen molar-refractivity contribution in [3.05, 3.63) is 103 Å². The summed E-state index contributed by atoms with van der Waals surface area (Å²) in [7, 11) is 0. The van der Waals surface area contributed by atoms with Crippen LogP contribution in [-0.2, 0) is 14.3 Å². The monoisotopic (exact) mass is 422 g/mol. The van der Waals surface area contributed by atoms with Gasteiger partial charge in [-0.3, -0.25) is 4.79 Å². The number of hydrogen-bond donors (Lipinski definition) is 0. The molecule has 0 atom stereocenters. The molecule has 0 saturated carbocycles. The summed E-state index contributed by atoms with van der Waals surface area (Å²) in [4.78, 5) is 23.0. The van der Waals surface area contributed by atoms with Gasteiger partial charge in [0.1, 0.15) is 6.61 Å². The predicted octanol–water partition coefficient (Wildman–Crippen LogP) is 5.35. The van der Waals surface area contributed by atoms with Crippen molar-refractivity contribution >= 4 is 17.8 Å². The van der Waals surface area contributed by atoms with Crippen LogP contribution in [0.25, 0.3) is 34.1 Å². The molecule has 0 unspecified atom stereocenters. The summed E-state index contributed by atoms with van der Waals surface area (Å²) in [5, 5.41) is 4.76. The third-order valence-corrected chi connectivity index (χ3v) is 4.85. The average molecular weight is 422 g/mol. The second-order valence-electron chi connectivity index (χ2n) is 7.30. The number of nitrogens with zero attached hydrogens (tertiary/aromatic N) is 2. The first-order valence-corrected chi connectivity index (χ1v) is 10.3. The van der Waals surface area contributed by atoms with Gasteiger partial charge in [-0.15, -0.1) is 0 Å². The van der Waals surface area contributed by atoms with Crippen LogP contribution in [-0.4, -0.2) is 28.1 Å². The van der Waals surface area contributed by atoms with E-state index < -0.39 is 5.97 Å². The predicted molar refractivity (Wildman–Crippen MR) is 125 cm³/mol. The van der Waals surface area contributed by atoms with Gasteiger partial charge in [-0.05, 0) is 36.3 Å². The Labute approximate surface area is 186 Å². The summed E-state index contributed by atoms with van der Waals surface area (Å²) < 4.78 is 6.70. The first kappa shape index (κ1) is 21.0. The summed E-state index contributed by atoms with van der Waals surface area (Å²) in [6.07, 6.45) is 4.84. The number of aromatic nitrogens is 2. The van der Waals surface area contributed by atoms with Crippen LogP contribution >= 0.6 is 0 Å². The van der Waals surface area contributed by atoms with Gasteiger partial charge in [-0.2, -0.15) is 5.10 Å². The molecule has 0 amide bonds. The van der Waals surface area contributed by atoms with Gasteiger partial charge >= 0.3 is 5.97 Å². The van der Waals surface area contributed by atoms with Crippen LogP contribution in [0.2, 0.25) is 0 Å². The van der Waals surface area contributed by atoms with Crippen LogP contribution in [0.15, 0.2) is 97.2 Å². The third kappa shape index (κ3) is 5.08. The second-order valence-corrected chi connectivity index (χ2v) is 7.30. The van der Waals surface area contributed by atoms with Crippen molar-refractivity contribution in [2.75, 3.05) is 6.61 Å². The van der Waals surface area contributed by atoms with Crippen LogP contribution in [0.3, 0.4) is 0 Å². The Kier molecular flexibility index (Phi) is 6.37. The van der Waals surface area contributed by atoms with Crippen LogP contribution in [0, 0.1) is 0 Å². The number of carbonyl (C=O) groups is 2. The summed E-state index contributed by atoms with van der Waals surface area (Å²) >= 11 is 0. The van der Waals surface area contributed by atoms with Crippen molar-refractivity contribution in [3.8, 4) is 28.1 Å². The number of ketones is 1. The fraction of sp³-hybridized carbons (Fsp3) is 0.0741. The maximum absolute atomic E-state index is 12.0. The lowest BCUT2D eigenvalue weighted by atomic mass is 10.0. The number of ether oxygens (including phenoxy) is 1. The molecule has 0 N–H and O–H groups in total. The molecule has 0 saturated heterocycles. The van der Waals surface area contributed by atoms with Gasteiger partial charge < -0.3 is 4.74 Å². The van der Waals surface area contributed by atoms with E-state index in [0.717, 1.165) is 33.6 Å². The van der Waals surface area contributed by atoms with E-state index in [2.05, 4.69) is 24.3 Å². The lowest BCUT2D eigenvalue weighted by Gasteiger charge is -2.04. The molecule has 5 nitrogen and oxygen atoms in total. The Morgan fingerprint density at radius 1 is 0.844 bits per heavy atom. The molecule has 4 aromatic rings. The molecule has 158 valence electrons. The number of esters is 1. The number of rotatable bonds is 7. The Morgan fingerprint density at radius 2 is 1.44 bits per heavy atom. The number of carbonyl (C=O) groups excluding carboxylic acids is 2. The maximum atomic E-state index is 12.0. The van der Waals surface area contributed by atoms with Gasteiger partial charge in [0.15, 0.2) is 5.78 Å². The lowest BCUT2D eigenvalue weighted by Crippen LogP contribution is -2.08. The molecule has 0 aliphatic heterocycles. The molecular weight excluding hydrogens is 400 g/mol. The minimum atomic E-state index is -0.571. The fourth-order valence-corrected chi connectivity index (χ4v) is 3.28. The smallest absolute Gasteiger partial charge is 0.331 e. The van der Waals surface area contributed by atoms with Gasteiger partial charge in [0.2, 0.25) is 0 Å². The zero-order valence-corrected chi connectivity index (χ0v) is 17.6. The van der Waals surface area contributed by atoms with Crippen LogP contribution in [0.4, 0.5) is 0 Å². The van der Waals surface area contributed by atoms with E-state index in [9.17, 15) is 9.59 Å². The molecule has 0 radical (unpaired) electrons. The first-order chi connectivity index (χ1) is 15.6. The van der Waals surface area contributed by atoms with Gasteiger partial charge in [-0.1, -0.05) is 72.8 Å². The molecule has 0 fully saturated rings. The van der Waals surface area contributed by atoms with E-state index in [0.29, 0.717) is 0 Å². The quantitative estimate of drug-likeness (QED) is 0.297. The molecule has 1 aromatic heterocycles. The second kappa shape index (κ2) is 9.71. The van der Waals surface area contributed by atoms with E-state index in [1.165, 1.54) is 13.0 Å². The molecule has 0 bridgehead atoms. The summed E-state index contributed by atoms with van der Waals surface area (Å²) in [6.45, 7) is 1.14. The van der Waals surface area contributed by atoms with E-state index in [1.807, 2.05) is 66.9 Å². The summed E-state index contributed by atoms with van der Waals surface area (Å²) in [5.41, 5.74) is 5.60. The fourth-order valence-electron chi connectivity index (χ4n) is 3.28. The highest BCUT2D eigenvalue weighted by Crippen LogP contribution is 2.28. The zero-order valence-electron chi connectivity index (χ0n) is 17.6. The number of hydrogen-bond acceptors (Lipinski definition) is 4. The lowest BCUT2D eigenvalue weighted by molar-refractivity contribution is -0.142. The molecule has 4 rings (SSSR count). The molecule has 0 spiro atoms. The minimum absolute atomic E-state index is 0.206. The van der Waals surface area contributed by atoms with Gasteiger partial charge in [0, 0.05) is 23.4 Å². The number of Topliss-reactive ketones (excluding diaryl/α,β-unsaturated/α-hetero) is 1. The zero-order chi connectivity index (χ0) is 22.3. The Hall–Kier alpha value is -4.25. The van der Waals surface area contributed by atoms with Gasteiger partial charge in [0.25, 0.3) is 0 Å². The molecule has 32 heavy (non-hydrogen) atoms. The Morgan fingerprint density at radius 3 is 2.09 bits per heavy atom. The average Bonchev–Trinajstić information content (AvgIpc) is 3.27. The summed E-state index contributed by atoms with van der Waals surface area (Å²) in [5.74, 6) is -0.777. The SMILES string of the molecule is CC(=O)COC(=O)C=Cc1cn(-c2ccccc2)nc1-c1ccc(-c2ccccc2)cc1. The van der Waals surface area contributed by atoms with Crippen LogP contribution in [0.1, 0.15) is 12.5 Å². The first-order valence-electron chi connectivity index (χ1n) is 10.3. The third-order valence-electron chi connectivity index (χ3n) is 4.85. The van der Waals surface area contributed by atoms with Crippen LogP contribution < -0.4 is 0 Å². The van der Waals surface area contributed by atoms with Crippen molar-refractivity contribution < 1.29 is 14.3 Å². The van der Waals surface area contributed by atoms with E-state index in [-0.39, 0.29) is 12.4 Å². The molecule has 5 heteroatoms. The highest BCUT2D eigenvalue weighted by molar-refractivity contribution is 5.90. The van der Waals surface area contributed by atoms with Crippen molar-refractivity contribution in [2.45, 2.75) is 6.92 Å². The normalized spacial score (nSPS) is 10.9. The highest BCUT2D eigenvalue weighted by atomic mass is 16.5. The topological polar surface area (TPSA) is 61.2 Å². The van der Waals surface area contributed by atoms with Crippen molar-refractivity contribution in [1.29, 1.82) is 0 Å². The number of benzene rings is 3. The molecule has 0 aliphatic carbocycles. The minimum Gasteiger partial charge on any atom is -0.455 e. The maximum Gasteiger partial charge on any atom is 0.331 e. The van der Waals surface area contributed by atoms with Crippen molar-refractivity contribution in [2.24, 2.45) is 0 Å². The molecule has 3 aromatic carbocycles. The van der Waals surface area contributed by atoms with Crippen LogP contribution in [0.5, 0.6) is 0 Å². The molecule has 1 heterocycles. The van der Waals surface area contributed by atoms with E-state index in [1.54, 1.807) is 10.8 Å². The largest absolute Gasteiger partial charge is 0.455 e. The Bertz CT molecular complexity index is 1240. The van der Waals surface area contributed by atoms with Gasteiger partial charge in [-0.25, -0.2) is 9.48 Å². The standard InChI is InChI=1S/C27H22N2O3/c1-20(30)19-32-26(31)17-16-24-18-29(25-10-6-3-7-11-25)28-27(24)23-14-12-22(13-15-23)21-8-4-2-5-9-21/h2-18H,19H2,1H3. The molecule has 0 aliphatic rings. The summed E-state index contributed by atoms with van der Waals surface area (Å²) in [6, 6.07) is 28.1. The van der Waals surface area contributed by atoms with Gasteiger partial charge in [0.05, 0.1) is 11.4 Å².